The average molecular weight is 184 g/mol. The van der Waals surface area contributed by atoms with Gasteiger partial charge in [0.25, 0.3) is 0 Å². The Morgan fingerprint density at radius 1 is 1.46 bits per heavy atom. The number of carbonyl (C=O) groups is 1. The molecule has 74 valence electrons. The number of hydrogen-bond donors (Lipinski definition) is 0. The maximum Gasteiger partial charge on any atom is 0.345 e. The summed E-state index contributed by atoms with van der Waals surface area (Å²) in [5.74, 6) is 1.57. The molecule has 0 N–H and O–H groups in total. The van der Waals surface area contributed by atoms with Crippen molar-refractivity contribution in [3.05, 3.63) is 5.57 Å². The van der Waals surface area contributed by atoms with Gasteiger partial charge in [0.05, 0.1) is 6.61 Å². The van der Waals surface area contributed by atoms with Crippen molar-refractivity contribution in [1.82, 2.24) is 0 Å². The molecule has 13 heavy (non-hydrogen) atoms. The molecule has 0 aromatic rings. The van der Waals surface area contributed by atoms with E-state index in [2.05, 4.69) is 4.74 Å². The normalized spacial score (nSPS) is 9.54. The summed E-state index contributed by atoms with van der Waals surface area (Å²) in [7, 11) is 0. The van der Waals surface area contributed by atoms with Gasteiger partial charge in [-0.05, 0) is 25.7 Å². The average Bonchev–Trinajstić information content (AvgIpc) is 2.05. The van der Waals surface area contributed by atoms with E-state index in [-0.39, 0.29) is 5.57 Å². The van der Waals surface area contributed by atoms with Gasteiger partial charge in [0.2, 0.25) is 0 Å². The topological polar surface area (TPSA) is 43.4 Å². The zero-order valence-electron chi connectivity index (χ0n) is 8.42. The number of carbonyl (C=O) groups excluding carboxylic acids is 2. The van der Waals surface area contributed by atoms with Crippen LogP contribution in [0.15, 0.2) is 5.57 Å². The molecule has 0 radical (unpaired) electrons. The third-order valence-electron chi connectivity index (χ3n) is 1.62. The lowest BCUT2D eigenvalue weighted by molar-refractivity contribution is -0.138. The summed E-state index contributed by atoms with van der Waals surface area (Å²) in [4.78, 5) is 21.4. The molecule has 0 fully saturated rings. The van der Waals surface area contributed by atoms with Gasteiger partial charge in [-0.3, -0.25) is 0 Å². The van der Waals surface area contributed by atoms with E-state index in [4.69, 9.17) is 0 Å². The van der Waals surface area contributed by atoms with Gasteiger partial charge in [-0.25, -0.2) is 9.59 Å². The number of esters is 1. The van der Waals surface area contributed by atoms with Crippen LogP contribution in [0.4, 0.5) is 0 Å². The molecule has 3 nitrogen and oxygen atoms in total. The molecule has 0 aliphatic rings. The lowest BCUT2D eigenvalue weighted by atomic mass is 10.0. The van der Waals surface area contributed by atoms with Crippen LogP contribution >= 0.6 is 0 Å². The summed E-state index contributed by atoms with van der Waals surface area (Å²) < 4.78 is 4.69. The molecule has 0 atom stereocenters. The second kappa shape index (κ2) is 6.44. The first kappa shape index (κ1) is 11.9. The van der Waals surface area contributed by atoms with Crippen LogP contribution in [0.3, 0.4) is 0 Å². The summed E-state index contributed by atoms with van der Waals surface area (Å²) in [6.45, 7) is 6.08. The monoisotopic (exact) mass is 184 g/mol. The van der Waals surface area contributed by atoms with Crippen LogP contribution in [-0.4, -0.2) is 18.5 Å². The first-order valence-electron chi connectivity index (χ1n) is 4.52. The molecule has 0 bridgehead atoms. The fourth-order valence-corrected chi connectivity index (χ4v) is 0.846. The molecule has 3 heteroatoms. The smallest absolute Gasteiger partial charge is 0.345 e. The van der Waals surface area contributed by atoms with Crippen molar-refractivity contribution in [3.8, 4) is 0 Å². The van der Waals surface area contributed by atoms with Crippen molar-refractivity contribution in [2.24, 2.45) is 5.92 Å². The van der Waals surface area contributed by atoms with E-state index >= 15 is 0 Å². The van der Waals surface area contributed by atoms with Crippen molar-refractivity contribution in [1.29, 1.82) is 0 Å². The third kappa shape index (κ3) is 5.21. The second-order valence-electron chi connectivity index (χ2n) is 3.23. The van der Waals surface area contributed by atoms with Gasteiger partial charge in [-0.2, -0.15) is 0 Å². The molecule has 0 spiro atoms. The van der Waals surface area contributed by atoms with E-state index in [0.29, 0.717) is 18.9 Å². The number of hydrogen-bond acceptors (Lipinski definition) is 3. The lowest BCUT2D eigenvalue weighted by Gasteiger charge is -2.04. The van der Waals surface area contributed by atoms with Gasteiger partial charge in [0, 0.05) is 0 Å². The molecule has 0 aliphatic heterocycles. The van der Waals surface area contributed by atoms with Crippen molar-refractivity contribution >= 4 is 11.9 Å². The van der Waals surface area contributed by atoms with Crippen molar-refractivity contribution < 1.29 is 14.3 Å². The zero-order valence-corrected chi connectivity index (χ0v) is 8.42. The molecular formula is C10H16O3. The van der Waals surface area contributed by atoms with E-state index in [9.17, 15) is 9.59 Å². The Bertz CT molecular complexity index is 212. The predicted octanol–water partition coefficient (Wildman–Crippen LogP) is 1.74. The Balaban J connectivity index is 4.05. The molecule has 0 saturated heterocycles. The summed E-state index contributed by atoms with van der Waals surface area (Å²) in [6, 6.07) is 0. The Morgan fingerprint density at radius 2 is 2.08 bits per heavy atom. The zero-order chi connectivity index (χ0) is 10.3. The Morgan fingerprint density at radius 3 is 2.46 bits per heavy atom. The maximum absolute atomic E-state index is 11.1. The molecule has 0 unspecified atom stereocenters. The summed E-state index contributed by atoms with van der Waals surface area (Å²) in [5, 5.41) is 0. The SMILES string of the molecule is CCOC(=O)C(=C=O)CCC(C)C. The molecule has 0 rings (SSSR count). The fraction of sp³-hybridized carbons (Fsp3) is 0.700. The highest BCUT2D eigenvalue weighted by Gasteiger charge is 2.11. The minimum atomic E-state index is -0.529. The van der Waals surface area contributed by atoms with Crippen LogP contribution < -0.4 is 0 Å². The number of rotatable bonds is 5. The van der Waals surface area contributed by atoms with Crippen molar-refractivity contribution in [3.63, 3.8) is 0 Å². The summed E-state index contributed by atoms with van der Waals surface area (Å²) in [6.07, 6.45) is 1.27. The highest BCUT2D eigenvalue weighted by atomic mass is 16.5. The lowest BCUT2D eigenvalue weighted by Crippen LogP contribution is -2.09. The standard InChI is InChI=1S/C10H16O3/c1-4-13-10(12)9(7-11)6-5-8(2)3/h8H,4-6H2,1-3H3. The maximum atomic E-state index is 11.1. The van der Waals surface area contributed by atoms with Gasteiger partial charge in [-0.15, -0.1) is 0 Å². The van der Waals surface area contributed by atoms with Gasteiger partial charge >= 0.3 is 5.97 Å². The minimum absolute atomic E-state index is 0.121. The molecule has 0 aromatic heterocycles. The van der Waals surface area contributed by atoms with Gasteiger partial charge < -0.3 is 4.74 Å². The van der Waals surface area contributed by atoms with Crippen LogP contribution in [-0.2, 0) is 14.3 Å². The molecular weight excluding hydrogens is 168 g/mol. The van der Waals surface area contributed by atoms with Gasteiger partial charge in [0.1, 0.15) is 11.5 Å². The van der Waals surface area contributed by atoms with Crippen LogP contribution in [0.1, 0.15) is 33.6 Å². The third-order valence-corrected chi connectivity index (χ3v) is 1.62. The highest BCUT2D eigenvalue weighted by molar-refractivity contribution is 5.96. The Hall–Kier alpha value is -1.08. The quantitative estimate of drug-likeness (QED) is 0.371. The second-order valence-corrected chi connectivity index (χ2v) is 3.23. The Labute approximate surface area is 78.8 Å². The molecule has 0 saturated carbocycles. The minimum Gasteiger partial charge on any atom is -0.462 e. The largest absolute Gasteiger partial charge is 0.462 e. The summed E-state index contributed by atoms with van der Waals surface area (Å²) in [5.41, 5.74) is 0.121. The number of ether oxygens (including phenoxy) is 1. The van der Waals surface area contributed by atoms with E-state index < -0.39 is 5.97 Å². The van der Waals surface area contributed by atoms with Crippen molar-refractivity contribution in [2.75, 3.05) is 6.61 Å². The molecule has 0 aromatic carbocycles. The van der Waals surface area contributed by atoms with Crippen LogP contribution in [0.5, 0.6) is 0 Å². The molecule has 0 aliphatic carbocycles. The Kier molecular flexibility index (Phi) is 5.90. The van der Waals surface area contributed by atoms with E-state index in [1.165, 1.54) is 0 Å². The van der Waals surface area contributed by atoms with E-state index in [1.54, 1.807) is 12.9 Å². The van der Waals surface area contributed by atoms with Crippen LogP contribution in [0.25, 0.3) is 0 Å². The van der Waals surface area contributed by atoms with Gasteiger partial charge in [0.15, 0.2) is 0 Å². The van der Waals surface area contributed by atoms with E-state index in [1.807, 2.05) is 13.8 Å². The molecule has 0 amide bonds. The van der Waals surface area contributed by atoms with Crippen LogP contribution in [0, 0.1) is 5.92 Å². The highest BCUT2D eigenvalue weighted by Crippen LogP contribution is 2.10. The predicted molar refractivity (Wildman–Crippen MR) is 49.9 cm³/mol. The van der Waals surface area contributed by atoms with Crippen LogP contribution in [0.2, 0.25) is 0 Å². The summed E-state index contributed by atoms with van der Waals surface area (Å²) >= 11 is 0. The van der Waals surface area contributed by atoms with Gasteiger partial charge in [-0.1, -0.05) is 13.8 Å². The fourth-order valence-electron chi connectivity index (χ4n) is 0.846. The van der Waals surface area contributed by atoms with Crippen molar-refractivity contribution in [2.45, 2.75) is 33.6 Å². The first-order valence-corrected chi connectivity index (χ1v) is 4.52. The first-order chi connectivity index (χ1) is 6.11. The molecule has 0 heterocycles. The van der Waals surface area contributed by atoms with E-state index in [0.717, 1.165) is 6.42 Å².